The third-order valence-corrected chi connectivity index (χ3v) is 3.11. The number of rotatable bonds is 4. The van der Waals surface area contributed by atoms with E-state index in [1.54, 1.807) is 16.1 Å². The van der Waals surface area contributed by atoms with Gasteiger partial charge in [-0.25, -0.2) is 0 Å². The Kier molecular flexibility index (Phi) is 3.19. The molecular weight excluding hydrogens is 224 g/mol. The van der Waals surface area contributed by atoms with Crippen LogP contribution in [0.5, 0.6) is 0 Å². The maximum Gasteiger partial charge on any atom is 0.307 e. The maximum absolute atomic E-state index is 11.4. The van der Waals surface area contributed by atoms with E-state index in [0.29, 0.717) is 6.54 Å². The van der Waals surface area contributed by atoms with Gasteiger partial charge in [-0.05, 0) is 13.3 Å². The van der Waals surface area contributed by atoms with E-state index in [4.69, 9.17) is 0 Å². The molecule has 0 aliphatic carbocycles. The van der Waals surface area contributed by atoms with Crippen LogP contribution < -0.4 is 4.87 Å². The average Bonchev–Trinajstić information content (AvgIpc) is 2.80. The highest BCUT2D eigenvalue weighted by Gasteiger charge is 2.09. The standard InChI is InChI=1S/C10H14N4OS/c1-3-4-14-8(2)11-12-9(14)7-13-5-6-16-10(13)15/h5-6H,3-4,7H2,1-2H3. The van der Waals surface area contributed by atoms with Crippen molar-refractivity contribution in [3.05, 3.63) is 32.9 Å². The van der Waals surface area contributed by atoms with Gasteiger partial charge in [0, 0.05) is 18.1 Å². The van der Waals surface area contributed by atoms with Crippen LogP contribution in [0.1, 0.15) is 25.0 Å². The first-order valence-electron chi connectivity index (χ1n) is 5.25. The van der Waals surface area contributed by atoms with Crippen molar-refractivity contribution in [3.63, 3.8) is 0 Å². The molecule has 0 amide bonds. The molecule has 2 rings (SSSR count). The Morgan fingerprint density at radius 2 is 2.25 bits per heavy atom. The number of hydrogen-bond donors (Lipinski definition) is 0. The number of aromatic nitrogens is 4. The van der Waals surface area contributed by atoms with Crippen molar-refractivity contribution >= 4 is 11.3 Å². The number of aryl methyl sites for hydroxylation is 1. The van der Waals surface area contributed by atoms with E-state index in [1.165, 1.54) is 11.3 Å². The summed E-state index contributed by atoms with van der Waals surface area (Å²) >= 11 is 1.20. The predicted molar refractivity (Wildman–Crippen MR) is 62.7 cm³/mol. The monoisotopic (exact) mass is 238 g/mol. The molecule has 0 unspecified atom stereocenters. The fourth-order valence-electron chi connectivity index (χ4n) is 1.62. The molecule has 0 aliphatic heterocycles. The summed E-state index contributed by atoms with van der Waals surface area (Å²) in [7, 11) is 0. The molecule has 2 aromatic rings. The van der Waals surface area contributed by atoms with Gasteiger partial charge in [0.25, 0.3) is 0 Å². The van der Waals surface area contributed by atoms with Gasteiger partial charge in [-0.15, -0.1) is 10.2 Å². The van der Waals surface area contributed by atoms with E-state index in [0.717, 1.165) is 24.6 Å². The summed E-state index contributed by atoms with van der Waals surface area (Å²) in [4.78, 5) is 11.5. The second kappa shape index (κ2) is 4.61. The van der Waals surface area contributed by atoms with Crippen LogP contribution in [-0.4, -0.2) is 19.3 Å². The molecule has 16 heavy (non-hydrogen) atoms. The van der Waals surface area contributed by atoms with Crippen molar-refractivity contribution in [2.24, 2.45) is 0 Å². The van der Waals surface area contributed by atoms with Crippen molar-refractivity contribution in [2.75, 3.05) is 0 Å². The molecule has 86 valence electrons. The molecule has 0 radical (unpaired) electrons. The lowest BCUT2D eigenvalue weighted by atomic mass is 10.4. The first-order valence-corrected chi connectivity index (χ1v) is 6.13. The second-order valence-electron chi connectivity index (χ2n) is 3.61. The van der Waals surface area contributed by atoms with Crippen LogP contribution in [0.25, 0.3) is 0 Å². The molecule has 2 aromatic heterocycles. The lowest BCUT2D eigenvalue weighted by molar-refractivity contribution is 0.598. The Balaban J connectivity index is 2.28. The quantitative estimate of drug-likeness (QED) is 0.806. The van der Waals surface area contributed by atoms with Crippen LogP contribution in [0.4, 0.5) is 0 Å². The summed E-state index contributed by atoms with van der Waals surface area (Å²) in [6.45, 7) is 5.44. The zero-order chi connectivity index (χ0) is 11.5. The normalized spacial score (nSPS) is 10.9. The number of thiazole rings is 1. The number of nitrogens with zero attached hydrogens (tertiary/aromatic N) is 4. The van der Waals surface area contributed by atoms with Gasteiger partial charge in [0.15, 0.2) is 5.82 Å². The summed E-state index contributed by atoms with van der Waals surface area (Å²) in [5.41, 5.74) is 0. The van der Waals surface area contributed by atoms with Gasteiger partial charge < -0.3 is 4.57 Å². The van der Waals surface area contributed by atoms with Gasteiger partial charge in [-0.1, -0.05) is 18.3 Å². The summed E-state index contributed by atoms with van der Waals surface area (Å²) in [6, 6.07) is 0. The van der Waals surface area contributed by atoms with Crippen molar-refractivity contribution in [3.8, 4) is 0 Å². The molecule has 6 heteroatoms. The molecular formula is C10H14N4OS. The molecule has 2 heterocycles. The molecule has 0 aliphatic rings. The molecule has 0 atom stereocenters. The van der Waals surface area contributed by atoms with E-state index in [9.17, 15) is 4.79 Å². The SMILES string of the molecule is CCCn1c(C)nnc1Cn1ccsc1=O. The number of hydrogen-bond acceptors (Lipinski definition) is 4. The van der Waals surface area contributed by atoms with E-state index in [2.05, 4.69) is 21.7 Å². The molecule has 0 bridgehead atoms. The lowest BCUT2D eigenvalue weighted by Gasteiger charge is -2.06. The minimum absolute atomic E-state index is 0.0451. The Morgan fingerprint density at radius 1 is 1.44 bits per heavy atom. The van der Waals surface area contributed by atoms with Gasteiger partial charge in [0.1, 0.15) is 5.82 Å². The van der Waals surface area contributed by atoms with E-state index >= 15 is 0 Å². The van der Waals surface area contributed by atoms with Gasteiger partial charge >= 0.3 is 4.87 Å². The second-order valence-corrected chi connectivity index (χ2v) is 4.47. The minimum atomic E-state index is 0.0451. The molecule has 0 fully saturated rings. The van der Waals surface area contributed by atoms with Crippen LogP contribution in [0.2, 0.25) is 0 Å². The van der Waals surface area contributed by atoms with Crippen LogP contribution in [0.3, 0.4) is 0 Å². The zero-order valence-electron chi connectivity index (χ0n) is 9.38. The predicted octanol–water partition coefficient (Wildman–Crippen LogP) is 1.27. The highest BCUT2D eigenvalue weighted by molar-refractivity contribution is 7.07. The largest absolute Gasteiger partial charge is 0.314 e. The molecule has 0 saturated carbocycles. The topological polar surface area (TPSA) is 52.7 Å². The molecule has 5 nitrogen and oxygen atoms in total. The molecule has 0 aromatic carbocycles. The summed E-state index contributed by atoms with van der Waals surface area (Å²) in [5.74, 6) is 1.75. The van der Waals surface area contributed by atoms with Gasteiger partial charge in [-0.2, -0.15) is 0 Å². The highest BCUT2D eigenvalue weighted by Crippen LogP contribution is 2.04. The van der Waals surface area contributed by atoms with E-state index in [-0.39, 0.29) is 4.87 Å². The molecule has 0 saturated heterocycles. The van der Waals surface area contributed by atoms with E-state index < -0.39 is 0 Å². The Bertz CT molecular complexity index is 525. The van der Waals surface area contributed by atoms with Crippen LogP contribution in [0, 0.1) is 6.92 Å². The van der Waals surface area contributed by atoms with Crippen LogP contribution in [-0.2, 0) is 13.1 Å². The Labute approximate surface area is 97.4 Å². The van der Waals surface area contributed by atoms with Gasteiger partial charge in [0.2, 0.25) is 0 Å². The lowest BCUT2D eigenvalue weighted by Crippen LogP contribution is -2.16. The highest BCUT2D eigenvalue weighted by atomic mass is 32.1. The van der Waals surface area contributed by atoms with Crippen molar-refractivity contribution in [2.45, 2.75) is 33.4 Å². The maximum atomic E-state index is 11.4. The average molecular weight is 238 g/mol. The van der Waals surface area contributed by atoms with Crippen LogP contribution >= 0.6 is 11.3 Å². The molecule has 0 N–H and O–H groups in total. The van der Waals surface area contributed by atoms with Crippen molar-refractivity contribution in [1.82, 2.24) is 19.3 Å². The zero-order valence-corrected chi connectivity index (χ0v) is 10.2. The third kappa shape index (κ3) is 2.06. The van der Waals surface area contributed by atoms with Crippen molar-refractivity contribution in [1.29, 1.82) is 0 Å². The Morgan fingerprint density at radius 3 is 2.88 bits per heavy atom. The van der Waals surface area contributed by atoms with Crippen molar-refractivity contribution < 1.29 is 0 Å². The van der Waals surface area contributed by atoms with Gasteiger partial charge in [-0.3, -0.25) is 9.36 Å². The van der Waals surface area contributed by atoms with E-state index in [1.807, 2.05) is 6.92 Å². The first-order chi connectivity index (χ1) is 7.72. The molecule has 0 spiro atoms. The Hall–Kier alpha value is -1.43. The van der Waals surface area contributed by atoms with Crippen LogP contribution in [0.15, 0.2) is 16.4 Å². The fourth-order valence-corrected chi connectivity index (χ4v) is 2.20. The van der Waals surface area contributed by atoms with Gasteiger partial charge in [0.05, 0.1) is 6.54 Å². The fraction of sp³-hybridized carbons (Fsp3) is 0.500. The first kappa shape index (κ1) is 11.1. The summed E-state index contributed by atoms with van der Waals surface area (Å²) in [5, 5.41) is 9.94. The summed E-state index contributed by atoms with van der Waals surface area (Å²) in [6.07, 6.45) is 2.82. The smallest absolute Gasteiger partial charge is 0.307 e. The summed E-state index contributed by atoms with van der Waals surface area (Å²) < 4.78 is 3.71. The third-order valence-electron chi connectivity index (χ3n) is 2.42. The minimum Gasteiger partial charge on any atom is -0.314 e.